The molecular formula is C18H26N2O. The second-order valence-electron chi connectivity index (χ2n) is 6.87. The smallest absolute Gasteiger partial charge is 0.223 e. The average Bonchev–Trinajstić information content (AvgIpc) is 3.08. The van der Waals surface area contributed by atoms with E-state index in [2.05, 4.69) is 41.4 Å². The van der Waals surface area contributed by atoms with Crippen LogP contribution in [0.25, 0.3) is 0 Å². The van der Waals surface area contributed by atoms with Crippen LogP contribution in [0.5, 0.6) is 0 Å². The first-order valence-electron chi connectivity index (χ1n) is 8.12. The fourth-order valence-electron chi connectivity index (χ4n) is 4.28. The Morgan fingerprint density at radius 1 is 1.33 bits per heavy atom. The molecule has 2 aliphatic rings. The molecule has 1 saturated carbocycles. The molecule has 0 bridgehead atoms. The maximum Gasteiger partial charge on any atom is 0.223 e. The molecule has 0 aromatic heterocycles. The molecule has 2 atom stereocenters. The van der Waals surface area contributed by atoms with Gasteiger partial charge in [-0.2, -0.15) is 0 Å². The first-order chi connectivity index (χ1) is 10.1. The molecular weight excluding hydrogens is 260 g/mol. The van der Waals surface area contributed by atoms with E-state index in [1.807, 2.05) is 0 Å². The summed E-state index contributed by atoms with van der Waals surface area (Å²) in [5.41, 5.74) is 2.93. The molecule has 1 N–H and O–H groups in total. The van der Waals surface area contributed by atoms with Crippen LogP contribution in [-0.2, 0) is 11.3 Å². The van der Waals surface area contributed by atoms with E-state index in [9.17, 15) is 4.79 Å². The van der Waals surface area contributed by atoms with Gasteiger partial charge in [0.2, 0.25) is 5.91 Å². The summed E-state index contributed by atoms with van der Waals surface area (Å²) in [6, 6.07) is 8.82. The Morgan fingerprint density at radius 3 is 2.81 bits per heavy atom. The van der Waals surface area contributed by atoms with E-state index in [1.165, 1.54) is 30.4 Å². The highest BCUT2D eigenvalue weighted by molar-refractivity contribution is 5.79. The number of rotatable bonds is 3. The number of benzene rings is 1. The second kappa shape index (κ2) is 5.80. The minimum atomic E-state index is 0.227. The zero-order valence-corrected chi connectivity index (χ0v) is 13.2. The van der Waals surface area contributed by atoms with Crippen LogP contribution >= 0.6 is 0 Å². The molecule has 1 aromatic rings. The number of carbonyl (C=O) groups excluding carboxylic acids is 1. The minimum Gasteiger partial charge on any atom is -0.359 e. The van der Waals surface area contributed by atoms with Crippen LogP contribution in [-0.4, -0.2) is 30.9 Å². The van der Waals surface area contributed by atoms with Crippen molar-refractivity contribution >= 4 is 5.91 Å². The number of likely N-dealkylation sites (tertiary alicyclic amines) is 1. The summed E-state index contributed by atoms with van der Waals surface area (Å²) in [5.74, 6) is 0.482. The minimum absolute atomic E-state index is 0.227. The largest absolute Gasteiger partial charge is 0.359 e. The van der Waals surface area contributed by atoms with Crippen molar-refractivity contribution in [2.24, 2.45) is 11.3 Å². The fourth-order valence-corrected chi connectivity index (χ4v) is 4.28. The number of hydrogen-bond acceptors (Lipinski definition) is 2. The van der Waals surface area contributed by atoms with E-state index in [-0.39, 0.29) is 17.2 Å². The molecule has 2 unspecified atom stereocenters. The molecule has 1 aliphatic carbocycles. The second-order valence-corrected chi connectivity index (χ2v) is 6.87. The zero-order valence-electron chi connectivity index (χ0n) is 13.2. The summed E-state index contributed by atoms with van der Waals surface area (Å²) >= 11 is 0. The summed E-state index contributed by atoms with van der Waals surface area (Å²) in [6.07, 6.45) is 4.67. The van der Waals surface area contributed by atoms with Crippen LogP contribution in [0.2, 0.25) is 0 Å². The highest BCUT2D eigenvalue weighted by Gasteiger charge is 2.49. The van der Waals surface area contributed by atoms with Crippen LogP contribution in [0.3, 0.4) is 0 Å². The quantitative estimate of drug-likeness (QED) is 0.926. The highest BCUT2D eigenvalue weighted by Crippen LogP contribution is 2.50. The summed E-state index contributed by atoms with van der Waals surface area (Å²) in [5, 5.41) is 2.87. The highest BCUT2D eigenvalue weighted by atomic mass is 16.1. The molecule has 1 aromatic carbocycles. The van der Waals surface area contributed by atoms with Crippen molar-refractivity contribution in [3.05, 3.63) is 35.4 Å². The van der Waals surface area contributed by atoms with Crippen molar-refractivity contribution in [1.82, 2.24) is 10.2 Å². The van der Waals surface area contributed by atoms with Crippen LogP contribution in [0.1, 0.15) is 36.8 Å². The lowest BCUT2D eigenvalue weighted by Crippen LogP contribution is -2.39. The van der Waals surface area contributed by atoms with Crippen LogP contribution < -0.4 is 5.32 Å². The average molecular weight is 286 g/mol. The third-order valence-electron chi connectivity index (χ3n) is 5.46. The lowest BCUT2D eigenvalue weighted by Gasteiger charge is -2.30. The van der Waals surface area contributed by atoms with E-state index in [4.69, 9.17) is 0 Å². The van der Waals surface area contributed by atoms with E-state index in [0.717, 1.165) is 26.1 Å². The van der Waals surface area contributed by atoms with Crippen LogP contribution in [0.4, 0.5) is 0 Å². The summed E-state index contributed by atoms with van der Waals surface area (Å²) in [4.78, 5) is 14.7. The molecule has 2 fully saturated rings. The first kappa shape index (κ1) is 14.6. The van der Waals surface area contributed by atoms with Crippen molar-refractivity contribution in [2.75, 3.05) is 20.1 Å². The van der Waals surface area contributed by atoms with E-state index >= 15 is 0 Å². The summed E-state index contributed by atoms with van der Waals surface area (Å²) in [6.45, 7) is 5.35. The number of amides is 1. The van der Waals surface area contributed by atoms with Crippen LogP contribution in [0.15, 0.2) is 24.3 Å². The Balaban J connectivity index is 1.67. The lowest BCUT2D eigenvalue weighted by molar-refractivity contribution is -0.127. The maximum absolute atomic E-state index is 12.1. The molecule has 1 saturated heterocycles. The van der Waals surface area contributed by atoms with Gasteiger partial charge in [0.15, 0.2) is 0 Å². The Labute approximate surface area is 127 Å². The zero-order chi connectivity index (χ0) is 14.9. The number of carbonyl (C=O) groups is 1. The topological polar surface area (TPSA) is 32.3 Å². The predicted molar refractivity (Wildman–Crippen MR) is 84.9 cm³/mol. The van der Waals surface area contributed by atoms with E-state index in [1.54, 1.807) is 7.05 Å². The SMILES string of the molecule is CNC(=O)C1CCCC12CCN(Cc1ccc(C)cc1)C2. The van der Waals surface area contributed by atoms with Gasteiger partial charge in [-0.1, -0.05) is 36.2 Å². The molecule has 1 amide bonds. The number of aryl methyl sites for hydroxylation is 1. The van der Waals surface area contributed by atoms with Gasteiger partial charge in [-0.3, -0.25) is 9.69 Å². The molecule has 1 spiro atoms. The Kier molecular flexibility index (Phi) is 4.03. The maximum atomic E-state index is 12.1. The molecule has 3 heteroatoms. The molecule has 3 nitrogen and oxygen atoms in total. The number of hydrogen-bond donors (Lipinski definition) is 1. The monoisotopic (exact) mass is 286 g/mol. The summed E-state index contributed by atoms with van der Waals surface area (Å²) in [7, 11) is 1.77. The van der Waals surface area contributed by atoms with Gasteiger partial charge >= 0.3 is 0 Å². The molecule has 0 radical (unpaired) electrons. The molecule has 1 heterocycles. The Morgan fingerprint density at radius 2 is 2.10 bits per heavy atom. The molecule has 114 valence electrons. The Bertz CT molecular complexity index is 510. The van der Waals surface area contributed by atoms with Gasteiger partial charge in [0.25, 0.3) is 0 Å². The fraction of sp³-hybridized carbons (Fsp3) is 0.611. The van der Waals surface area contributed by atoms with Gasteiger partial charge < -0.3 is 5.32 Å². The third-order valence-corrected chi connectivity index (χ3v) is 5.46. The molecule has 3 rings (SSSR count). The number of nitrogens with one attached hydrogen (secondary N) is 1. The third kappa shape index (κ3) is 2.84. The standard InChI is InChI=1S/C18H26N2O/c1-14-5-7-15(8-6-14)12-20-11-10-18(13-20)9-3-4-16(18)17(21)19-2/h5-8,16H,3-4,9-13H2,1-2H3,(H,19,21). The van der Waals surface area contributed by atoms with Crippen molar-refractivity contribution in [1.29, 1.82) is 0 Å². The van der Waals surface area contributed by atoms with Crippen LogP contribution in [0, 0.1) is 18.3 Å². The van der Waals surface area contributed by atoms with Crippen molar-refractivity contribution in [3.8, 4) is 0 Å². The van der Waals surface area contributed by atoms with Crippen molar-refractivity contribution in [2.45, 2.75) is 39.2 Å². The van der Waals surface area contributed by atoms with Gasteiger partial charge in [-0.25, -0.2) is 0 Å². The normalized spacial score (nSPS) is 29.1. The van der Waals surface area contributed by atoms with Crippen molar-refractivity contribution in [3.63, 3.8) is 0 Å². The predicted octanol–water partition coefficient (Wildman–Crippen LogP) is 2.73. The first-order valence-corrected chi connectivity index (χ1v) is 8.12. The van der Waals surface area contributed by atoms with Gasteiger partial charge in [0, 0.05) is 26.1 Å². The van der Waals surface area contributed by atoms with Crippen molar-refractivity contribution < 1.29 is 4.79 Å². The van der Waals surface area contributed by atoms with Gasteiger partial charge in [-0.15, -0.1) is 0 Å². The van der Waals surface area contributed by atoms with E-state index < -0.39 is 0 Å². The lowest BCUT2D eigenvalue weighted by atomic mass is 9.76. The summed E-state index contributed by atoms with van der Waals surface area (Å²) < 4.78 is 0. The Hall–Kier alpha value is -1.35. The van der Waals surface area contributed by atoms with Gasteiger partial charge in [-0.05, 0) is 43.7 Å². The van der Waals surface area contributed by atoms with Gasteiger partial charge in [0.05, 0.1) is 0 Å². The number of nitrogens with zero attached hydrogens (tertiary/aromatic N) is 1. The molecule has 21 heavy (non-hydrogen) atoms. The van der Waals surface area contributed by atoms with Gasteiger partial charge in [0.1, 0.15) is 0 Å². The molecule has 1 aliphatic heterocycles. The van der Waals surface area contributed by atoms with E-state index in [0.29, 0.717) is 0 Å².